The van der Waals surface area contributed by atoms with Crippen LogP contribution in [0.25, 0.3) is 50.6 Å². The number of rotatable bonds is 5. The van der Waals surface area contributed by atoms with Gasteiger partial charge in [-0.15, -0.1) is 0 Å². The molecule has 0 aliphatic carbocycles. The van der Waals surface area contributed by atoms with Crippen molar-refractivity contribution in [3.05, 3.63) is 91.1 Å². The van der Waals surface area contributed by atoms with E-state index >= 15 is 0 Å². The van der Waals surface area contributed by atoms with Crippen molar-refractivity contribution in [1.82, 2.24) is 20.0 Å². The van der Waals surface area contributed by atoms with Gasteiger partial charge in [-0.3, -0.25) is 5.10 Å². The van der Waals surface area contributed by atoms with E-state index in [0.717, 1.165) is 22.2 Å². The molecule has 166 valence electrons. The molecule has 2 N–H and O–H groups in total. The van der Waals surface area contributed by atoms with Gasteiger partial charge in [0.25, 0.3) is 0 Å². The molecule has 0 fully saturated rings. The van der Waals surface area contributed by atoms with Gasteiger partial charge < -0.3 is 14.3 Å². The van der Waals surface area contributed by atoms with E-state index in [2.05, 4.69) is 10.2 Å². The number of H-pyrrole nitrogens is 1. The molecule has 3 aromatic heterocycles. The van der Waals surface area contributed by atoms with Crippen molar-refractivity contribution in [3.63, 3.8) is 0 Å². The molecule has 0 aliphatic heterocycles. The lowest BCUT2D eigenvalue weighted by molar-refractivity contribution is 0.412. The van der Waals surface area contributed by atoms with Gasteiger partial charge in [0.2, 0.25) is 0 Å². The Morgan fingerprint density at radius 3 is 2.56 bits per heavy atom. The number of nitrogens with one attached hydrogen (secondary N) is 1. The molecule has 3 aromatic carbocycles. The predicted molar refractivity (Wildman–Crippen MR) is 130 cm³/mol. The normalized spacial score (nSPS) is 11.2. The highest BCUT2D eigenvalue weighted by Crippen LogP contribution is 2.37. The van der Waals surface area contributed by atoms with Gasteiger partial charge in [-0.25, -0.2) is 4.68 Å². The number of nitrogens with zero attached hydrogens (tertiary/aromatic N) is 3. The van der Waals surface area contributed by atoms with E-state index in [9.17, 15) is 5.11 Å². The zero-order valence-electron chi connectivity index (χ0n) is 18.3. The fourth-order valence-corrected chi connectivity index (χ4v) is 4.01. The number of benzene rings is 3. The van der Waals surface area contributed by atoms with Crippen molar-refractivity contribution in [2.24, 2.45) is 0 Å². The summed E-state index contributed by atoms with van der Waals surface area (Å²) in [5.74, 6) is 1.43. The standard InChI is InChI=1S/C27H20N4O3/c1-33-19-11-12-24(32)20(14-19)22-15-23(29-28-22)21-16-31(18-8-3-2-4-9-18)30-27(21)26-13-17-7-5-6-10-25(17)34-26/h2-16,32H,1H3,(H,28,29). The first-order chi connectivity index (χ1) is 16.7. The lowest BCUT2D eigenvalue weighted by atomic mass is 10.1. The van der Waals surface area contributed by atoms with Crippen molar-refractivity contribution in [3.8, 4) is 51.2 Å². The molecule has 6 rings (SSSR count). The Labute approximate surface area is 194 Å². The third kappa shape index (κ3) is 3.40. The highest BCUT2D eigenvalue weighted by molar-refractivity contribution is 5.86. The maximum Gasteiger partial charge on any atom is 0.156 e. The quantitative estimate of drug-likeness (QED) is 0.335. The third-order valence-electron chi connectivity index (χ3n) is 5.74. The molecule has 0 aliphatic rings. The van der Waals surface area contributed by atoms with Gasteiger partial charge in [-0.1, -0.05) is 36.4 Å². The summed E-state index contributed by atoms with van der Waals surface area (Å²) in [6.07, 6.45) is 1.93. The number of para-hydroxylation sites is 2. The Hall–Kier alpha value is -4.78. The summed E-state index contributed by atoms with van der Waals surface area (Å²) < 4.78 is 13.3. The summed E-state index contributed by atoms with van der Waals surface area (Å²) in [4.78, 5) is 0. The van der Waals surface area contributed by atoms with Gasteiger partial charge in [-0.05, 0) is 48.5 Å². The maximum absolute atomic E-state index is 10.4. The van der Waals surface area contributed by atoms with Crippen molar-refractivity contribution in [2.75, 3.05) is 7.11 Å². The first kappa shape index (κ1) is 19.9. The van der Waals surface area contributed by atoms with E-state index in [0.29, 0.717) is 34.2 Å². The minimum Gasteiger partial charge on any atom is -0.507 e. The van der Waals surface area contributed by atoms with Crippen molar-refractivity contribution in [1.29, 1.82) is 0 Å². The first-order valence-corrected chi connectivity index (χ1v) is 10.8. The second-order valence-corrected chi connectivity index (χ2v) is 7.87. The zero-order valence-corrected chi connectivity index (χ0v) is 18.3. The number of aromatic amines is 1. The van der Waals surface area contributed by atoms with E-state index in [-0.39, 0.29) is 5.75 Å². The molecule has 34 heavy (non-hydrogen) atoms. The number of phenols is 1. The van der Waals surface area contributed by atoms with Crippen LogP contribution in [0.1, 0.15) is 0 Å². The number of hydrogen-bond donors (Lipinski definition) is 2. The number of ether oxygens (including phenoxy) is 1. The monoisotopic (exact) mass is 448 g/mol. The average molecular weight is 448 g/mol. The third-order valence-corrected chi connectivity index (χ3v) is 5.74. The van der Waals surface area contributed by atoms with Crippen molar-refractivity contribution < 1.29 is 14.3 Å². The SMILES string of the molecule is COc1ccc(O)c(-c2cc(-c3cn(-c4ccccc4)nc3-c3cc4ccccc4o3)n[nH]2)c1. The van der Waals surface area contributed by atoms with Crippen molar-refractivity contribution >= 4 is 11.0 Å². The molecule has 0 spiro atoms. The summed E-state index contributed by atoms with van der Waals surface area (Å²) in [6, 6.07) is 26.7. The number of furan rings is 1. The summed E-state index contributed by atoms with van der Waals surface area (Å²) in [5, 5.41) is 23.8. The van der Waals surface area contributed by atoms with E-state index < -0.39 is 0 Å². The minimum atomic E-state index is 0.133. The molecule has 0 radical (unpaired) electrons. The second kappa shape index (κ2) is 7.97. The molecule has 7 heteroatoms. The van der Waals surface area contributed by atoms with Gasteiger partial charge in [0.1, 0.15) is 22.8 Å². The summed E-state index contributed by atoms with van der Waals surface area (Å²) in [7, 11) is 1.59. The lowest BCUT2D eigenvalue weighted by Gasteiger charge is -2.04. The largest absolute Gasteiger partial charge is 0.507 e. The fraction of sp³-hybridized carbons (Fsp3) is 0.0370. The Balaban J connectivity index is 1.50. The molecule has 3 heterocycles. The highest BCUT2D eigenvalue weighted by atomic mass is 16.5. The summed E-state index contributed by atoms with van der Waals surface area (Å²) in [6.45, 7) is 0. The molecule has 0 saturated carbocycles. The average Bonchev–Trinajstić information content (AvgIpc) is 3.62. The number of methoxy groups -OCH3 is 1. The van der Waals surface area contributed by atoms with Crippen LogP contribution in [0.2, 0.25) is 0 Å². The summed E-state index contributed by atoms with van der Waals surface area (Å²) in [5.41, 5.74) is 5.12. The van der Waals surface area contributed by atoms with Crippen LogP contribution in [0.15, 0.2) is 95.5 Å². The van der Waals surface area contributed by atoms with Crippen LogP contribution >= 0.6 is 0 Å². The van der Waals surface area contributed by atoms with E-state index in [1.54, 1.807) is 25.3 Å². The summed E-state index contributed by atoms with van der Waals surface area (Å²) >= 11 is 0. The molecular formula is C27H20N4O3. The molecule has 0 atom stereocenters. The van der Waals surface area contributed by atoms with Gasteiger partial charge in [-0.2, -0.15) is 10.2 Å². The van der Waals surface area contributed by atoms with Gasteiger partial charge in [0, 0.05) is 17.1 Å². The van der Waals surface area contributed by atoms with E-state index in [1.165, 1.54) is 0 Å². The Bertz CT molecular complexity index is 1580. The molecule has 6 aromatic rings. The molecule has 0 saturated heterocycles. The second-order valence-electron chi connectivity index (χ2n) is 7.87. The predicted octanol–water partition coefficient (Wildman–Crippen LogP) is 6.06. The molecule has 7 nitrogen and oxygen atoms in total. The minimum absolute atomic E-state index is 0.133. The van der Waals surface area contributed by atoms with Crippen molar-refractivity contribution in [2.45, 2.75) is 0 Å². The highest BCUT2D eigenvalue weighted by Gasteiger charge is 2.20. The topological polar surface area (TPSA) is 89.1 Å². The van der Waals surface area contributed by atoms with Gasteiger partial charge in [0.15, 0.2) is 5.76 Å². The smallest absolute Gasteiger partial charge is 0.156 e. The molecular weight excluding hydrogens is 428 g/mol. The number of fused-ring (bicyclic) bond motifs is 1. The lowest BCUT2D eigenvalue weighted by Crippen LogP contribution is -1.93. The molecule has 0 unspecified atom stereocenters. The zero-order chi connectivity index (χ0) is 23.1. The first-order valence-electron chi connectivity index (χ1n) is 10.8. The van der Waals surface area contributed by atoms with Crippen LogP contribution < -0.4 is 4.74 Å². The number of aromatic nitrogens is 4. The van der Waals surface area contributed by atoms with Crippen LogP contribution in [0.4, 0.5) is 0 Å². The Morgan fingerprint density at radius 1 is 0.912 bits per heavy atom. The Morgan fingerprint density at radius 2 is 1.74 bits per heavy atom. The van der Waals surface area contributed by atoms with Crippen LogP contribution in [0.5, 0.6) is 11.5 Å². The van der Waals surface area contributed by atoms with Gasteiger partial charge in [0.05, 0.1) is 29.7 Å². The van der Waals surface area contributed by atoms with Crippen LogP contribution in [0, 0.1) is 0 Å². The molecule has 0 bridgehead atoms. The molecule has 0 amide bonds. The van der Waals surface area contributed by atoms with E-state index in [1.807, 2.05) is 77.6 Å². The van der Waals surface area contributed by atoms with Gasteiger partial charge >= 0.3 is 0 Å². The Kier molecular flexibility index (Phi) is 4.66. The van der Waals surface area contributed by atoms with Crippen LogP contribution in [0.3, 0.4) is 0 Å². The maximum atomic E-state index is 10.4. The number of hydrogen-bond acceptors (Lipinski definition) is 5. The van der Waals surface area contributed by atoms with Crippen LogP contribution in [-0.2, 0) is 0 Å². The van der Waals surface area contributed by atoms with E-state index in [4.69, 9.17) is 14.3 Å². The van der Waals surface area contributed by atoms with Crippen LogP contribution in [-0.4, -0.2) is 32.2 Å². The number of aromatic hydroxyl groups is 1. The fourth-order valence-electron chi connectivity index (χ4n) is 4.01. The number of phenolic OH excluding ortho intramolecular Hbond substituents is 1.